The van der Waals surface area contributed by atoms with Gasteiger partial charge in [0.25, 0.3) is 5.91 Å². The molecule has 0 radical (unpaired) electrons. The van der Waals surface area contributed by atoms with E-state index in [0.29, 0.717) is 26.9 Å². The van der Waals surface area contributed by atoms with Crippen LogP contribution in [0.4, 0.5) is 5.69 Å². The molecule has 3 aromatic rings. The number of methoxy groups -OCH3 is 1. The van der Waals surface area contributed by atoms with Crippen LogP contribution in [-0.2, 0) is 0 Å². The molecule has 5 nitrogen and oxygen atoms in total. The van der Waals surface area contributed by atoms with Gasteiger partial charge in [-0.05, 0) is 30.3 Å². The van der Waals surface area contributed by atoms with E-state index in [0.717, 1.165) is 6.07 Å². The summed E-state index contributed by atoms with van der Waals surface area (Å²) >= 11 is 11.9. The zero-order valence-corrected chi connectivity index (χ0v) is 13.9. The third-order valence-electron chi connectivity index (χ3n) is 3.38. The zero-order valence-electron chi connectivity index (χ0n) is 12.4. The smallest absolute Gasteiger partial charge is 0.337 e. The fourth-order valence-corrected chi connectivity index (χ4v) is 2.69. The first kappa shape index (κ1) is 16.4. The molecular weight excluding hydrogens is 353 g/mol. The summed E-state index contributed by atoms with van der Waals surface area (Å²) in [5, 5.41) is 3.90. The third-order valence-corrected chi connectivity index (χ3v) is 3.92. The molecule has 0 fully saturated rings. The van der Waals surface area contributed by atoms with E-state index >= 15 is 0 Å². The number of hydrogen-bond acceptors (Lipinski definition) is 4. The molecule has 1 heterocycles. The Morgan fingerprint density at radius 2 is 1.92 bits per heavy atom. The van der Waals surface area contributed by atoms with Crippen molar-refractivity contribution >= 4 is 45.8 Å². The second-order valence-corrected chi connectivity index (χ2v) is 5.76. The molecule has 2 aromatic carbocycles. The molecule has 0 unspecified atom stereocenters. The van der Waals surface area contributed by atoms with Gasteiger partial charge in [-0.1, -0.05) is 23.2 Å². The Balaban J connectivity index is 2.04. The number of ether oxygens (including phenoxy) is 1. The number of benzene rings is 2. The van der Waals surface area contributed by atoms with Crippen LogP contribution in [0.2, 0.25) is 10.0 Å². The predicted molar refractivity (Wildman–Crippen MR) is 93.5 cm³/mol. The van der Waals surface area contributed by atoms with Gasteiger partial charge in [-0.15, -0.1) is 0 Å². The number of fused-ring (bicyclic) bond motifs is 1. The SMILES string of the molecule is COc1ccc2c(C(=O)Nc3ccc(Cl)cc3Cl)cc(=O)oc2c1. The van der Waals surface area contributed by atoms with Gasteiger partial charge in [-0.25, -0.2) is 4.79 Å². The van der Waals surface area contributed by atoms with Gasteiger partial charge in [-0.3, -0.25) is 4.79 Å². The van der Waals surface area contributed by atoms with Gasteiger partial charge < -0.3 is 14.5 Å². The second-order valence-electron chi connectivity index (χ2n) is 4.92. The summed E-state index contributed by atoms with van der Waals surface area (Å²) < 4.78 is 10.2. The van der Waals surface area contributed by atoms with Gasteiger partial charge in [0.15, 0.2) is 0 Å². The lowest BCUT2D eigenvalue weighted by Crippen LogP contribution is -2.15. The van der Waals surface area contributed by atoms with E-state index in [-0.39, 0.29) is 11.1 Å². The van der Waals surface area contributed by atoms with Crippen molar-refractivity contribution in [1.29, 1.82) is 0 Å². The van der Waals surface area contributed by atoms with E-state index in [2.05, 4.69) is 5.32 Å². The Morgan fingerprint density at radius 3 is 2.62 bits per heavy atom. The van der Waals surface area contributed by atoms with Crippen molar-refractivity contribution < 1.29 is 13.9 Å². The summed E-state index contributed by atoms with van der Waals surface area (Å²) in [6.07, 6.45) is 0. The molecule has 0 aliphatic rings. The van der Waals surface area contributed by atoms with Gasteiger partial charge in [0, 0.05) is 22.5 Å². The summed E-state index contributed by atoms with van der Waals surface area (Å²) in [7, 11) is 1.50. The van der Waals surface area contributed by atoms with E-state index in [1.807, 2.05) is 0 Å². The summed E-state index contributed by atoms with van der Waals surface area (Å²) in [4.78, 5) is 24.3. The first-order valence-electron chi connectivity index (χ1n) is 6.86. The molecule has 0 aliphatic heterocycles. The average molecular weight is 364 g/mol. The highest BCUT2D eigenvalue weighted by Crippen LogP contribution is 2.27. The number of amides is 1. The number of rotatable bonds is 3. The number of carbonyl (C=O) groups is 1. The molecule has 1 amide bonds. The lowest BCUT2D eigenvalue weighted by molar-refractivity contribution is 0.102. The van der Waals surface area contributed by atoms with Gasteiger partial charge in [0.05, 0.1) is 23.4 Å². The quantitative estimate of drug-likeness (QED) is 0.701. The minimum absolute atomic E-state index is 0.176. The predicted octanol–water partition coefficient (Wildman–Crippen LogP) is 4.36. The van der Waals surface area contributed by atoms with Gasteiger partial charge in [0.1, 0.15) is 11.3 Å². The fraction of sp³-hybridized carbons (Fsp3) is 0.0588. The fourth-order valence-electron chi connectivity index (χ4n) is 2.24. The van der Waals surface area contributed by atoms with Crippen LogP contribution in [0.3, 0.4) is 0 Å². The molecule has 24 heavy (non-hydrogen) atoms. The number of halogens is 2. The van der Waals surface area contributed by atoms with Crippen LogP contribution < -0.4 is 15.7 Å². The van der Waals surface area contributed by atoms with E-state index in [1.54, 1.807) is 30.3 Å². The van der Waals surface area contributed by atoms with Crippen LogP contribution in [0.15, 0.2) is 51.7 Å². The Hall–Kier alpha value is -2.50. The molecule has 0 atom stereocenters. The molecular formula is C17H11Cl2NO4. The van der Waals surface area contributed by atoms with Crippen molar-refractivity contribution in [3.8, 4) is 5.75 Å². The summed E-state index contributed by atoms with van der Waals surface area (Å²) in [5.74, 6) is 0.0336. The van der Waals surface area contributed by atoms with Crippen molar-refractivity contribution in [1.82, 2.24) is 0 Å². The largest absolute Gasteiger partial charge is 0.497 e. The second kappa shape index (κ2) is 6.55. The van der Waals surface area contributed by atoms with Crippen molar-refractivity contribution in [2.75, 3.05) is 12.4 Å². The monoisotopic (exact) mass is 363 g/mol. The lowest BCUT2D eigenvalue weighted by Gasteiger charge is -2.09. The third kappa shape index (κ3) is 3.22. The van der Waals surface area contributed by atoms with Crippen LogP contribution >= 0.6 is 23.2 Å². The first-order chi connectivity index (χ1) is 11.5. The van der Waals surface area contributed by atoms with Crippen LogP contribution in [0, 0.1) is 0 Å². The minimum atomic E-state index is -0.636. The van der Waals surface area contributed by atoms with Crippen LogP contribution in [0.1, 0.15) is 10.4 Å². The Bertz CT molecular complexity index is 998. The molecule has 0 saturated heterocycles. The highest BCUT2D eigenvalue weighted by Gasteiger charge is 2.15. The van der Waals surface area contributed by atoms with E-state index in [9.17, 15) is 9.59 Å². The standard InChI is InChI=1S/C17H11Cl2NO4/c1-23-10-3-4-11-12(8-16(21)24-15(11)7-10)17(22)20-14-5-2-9(18)6-13(14)19/h2-8H,1H3,(H,20,22). The van der Waals surface area contributed by atoms with E-state index in [4.69, 9.17) is 32.4 Å². The van der Waals surface area contributed by atoms with Crippen molar-refractivity contribution in [2.24, 2.45) is 0 Å². The molecule has 0 saturated carbocycles. The first-order valence-corrected chi connectivity index (χ1v) is 7.62. The number of carbonyl (C=O) groups excluding carboxylic acids is 1. The molecule has 7 heteroatoms. The number of hydrogen-bond donors (Lipinski definition) is 1. The minimum Gasteiger partial charge on any atom is -0.497 e. The maximum atomic E-state index is 12.6. The zero-order chi connectivity index (χ0) is 17.3. The molecule has 1 N–H and O–H groups in total. The highest BCUT2D eigenvalue weighted by molar-refractivity contribution is 6.37. The molecule has 122 valence electrons. The highest BCUT2D eigenvalue weighted by atomic mass is 35.5. The molecule has 1 aromatic heterocycles. The normalized spacial score (nSPS) is 10.6. The average Bonchev–Trinajstić information content (AvgIpc) is 2.55. The lowest BCUT2D eigenvalue weighted by atomic mass is 10.1. The molecule has 0 bridgehead atoms. The van der Waals surface area contributed by atoms with Crippen LogP contribution in [-0.4, -0.2) is 13.0 Å². The van der Waals surface area contributed by atoms with Gasteiger partial charge in [0.2, 0.25) is 0 Å². The topological polar surface area (TPSA) is 68.5 Å². The van der Waals surface area contributed by atoms with Gasteiger partial charge in [-0.2, -0.15) is 0 Å². The summed E-state index contributed by atoms with van der Waals surface area (Å²) in [6, 6.07) is 10.7. The van der Waals surface area contributed by atoms with E-state index in [1.165, 1.54) is 13.2 Å². The Morgan fingerprint density at radius 1 is 1.12 bits per heavy atom. The Labute approximate surface area is 146 Å². The van der Waals surface area contributed by atoms with Crippen LogP contribution in [0.25, 0.3) is 11.0 Å². The number of nitrogens with one attached hydrogen (secondary N) is 1. The molecule has 3 rings (SSSR count). The molecule has 0 aliphatic carbocycles. The van der Waals surface area contributed by atoms with Crippen molar-refractivity contribution in [3.05, 3.63) is 68.5 Å². The van der Waals surface area contributed by atoms with Crippen LogP contribution in [0.5, 0.6) is 5.75 Å². The van der Waals surface area contributed by atoms with Gasteiger partial charge >= 0.3 is 5.63 Å². The maximum absolute atomic E-state index is 12.6. The van der Waals surface area contributed by atoms with Crippen molar-refractivity contribution in [2.45, 2.75) is 0 Å². The van der Waals surface area contributed by atoms with Crippen molar-refractivity contribution in [3.63, 3.8) is 0 Å². The summed E-state index contributed by atoms with van der Waals surface area (Å²) in [5.41, 5.74) is 0.188. The maximum Gasteiger partial charge on any atom is 0.337 e. The number of anilines is 1. The summed E-state index contributed by atoms with van der Waals surface area (Å²) in [6.45, 7) is 0. The molecule has 0 spiro atoms. The Kier molecular flexibility index (Phi) is 4.46. The van der Waals surface area contributed by atoms with E-state index < -0.39 is 11.5 Å².